The van der Waals surface area contributed by atoms with Crippen molar-refractivity contribution in [2.75, 3.05) is 7.11 Å². The van der Waals surface area contributed by atoms with Gasteiger partial charge in [0.2, 0.25) is 5.75 Å². The summed E-state index contributed by atoms with van der Waals surface area (Å²) < 4.78 is 12.0. The molecule has 122 valence electrons. The molecule has 0 spiro atoms. The van der Waals surface area contributed by atoms with Crippen LogP contribution < -0.4 is 9.47 Å². The number of ether oxygens (including phenoxy) is 2. The van der Waals surface area contributed by atoms with E-state index in [1.165, 1.54) is 0 Å². The number of benzene rings is 2. The summed E-state index contributed by atoms with van der Waals surface area (Å²) in [6, 6.07) is 14.7. The maximum atomic E-state index is 6.25. The largest absolute Gasteiger partial charge is 0.493 e. The van der Waals surface area contributed by atoms with Gasteiger partial charge in [-0.15, -0.1) is 0 Å². The minimum absolute atomic E-state index is 0.124. The van der Waals surface area contributed by atoms with Gasteiger partial charge in [-0.25, -0.2) is 9.97 Å². The molecule has 0 fully saturated rings. The molecule has 0 amide bonds. The molecule has 0 atom stereocenters. The molecule has 7 heteroatoms. The molecular formula is C17H11BrCl2N2O2. The van der Waals surface area contributed by atoms with Gasteiger partial charge in [-0.3, -0.25) is 0 Å². The molecule has 1 heterocycles. The minimum Gasteiger partial charge on any atom is -0.493 e. The first-order chi connectivity index (χ1) is 11.6. The van der Waals surface area contributed by atoms with Gasteiger partial charge in [0.15, 0.2) is 27.6 Å². The fraction of sp³-hybridized carbons (Fsp3) is 0.0588. The summed E-state index contributed by atoms with van der Waals surface area (Å²) in [5, 5.41) is 0.248. The third kappa shape index (κ3) is 3.64. The van der Waals surface area contributed by atoms with Crippen LogP contribution in [0.3, 0.4) is 0 Å². The van der Waals surface area contributed by atoms with Crippen molar-refractivity contribution in [1.82, 2.24) is 9.97 Å². The Morgan fingerprint density at radius 1 is 0.875 bits per heavy atom. The SMILES string of the molecule is COc1ccccc1Oc1c(Cl)nc(-c2ccc(Br)cc2)nc1Cl. The zero-order valence-corrected chi connectivity index (χ0v) is 15.6. The third-order valence-electron chi connectivity index (χ3n) is 3.17. The number of para-hydroxylation sites is 2. The number of rotatable bonds is 4. The highest BCUT2D eigenvalue weighted by molar-refractivity contribution is 9.10. The Balaban J connectivity index is 1.97. The minimum atomic E-state index is 0.124. The second-order valence-electron chi connectivity index (χ2n) is 4.72. The Morgan fingerprint density at radius 3 is 2.04 bits per heavy atom. The molecule has 0 N–H and O–H groups in total. The zero-order valence-electron chi connectivity index (χ0n) is 12.5. The van der Waals surface area contributed by atoms with E-state index in [1.54, 1.807) is 19.2 Å². The van der Waals surface area contributed by atoms with Crippen LogP contribution in [0.15, 0.2) is 53.0 Å². The van der Waals surface area contributed by atoms with Crippen molar-refractivity contribution in [3.63, 3.8) is 0 Å². The maximum absolute atomic E-state index is 6.25. The standard InChI is InChI=1S/C17H11BrCl2N2O2/c1-23-12-4-2-3-5-13(12)24-14-15(19)21-17(22-16(14)20)10-6-8-11(18)9-7-10/h2-9H,1H3. The third-order valence-corrected chi connectivity index (χ3v) is 4.21. The van der Waals surface area contributed by atoms with Gasteiger partial charge in [0, 0.05) is 10.0 Å². The predicted molar refractivity (Wildman–Crippen MR) is 98.3 cm³/mol. The van der Waals surface area contributed by atoms with Crippen LogP contribution in [0.25, 0.3) is 11.4 Å². The molecule has 0 radical (unpaired) electrons. The molecule has 0 aliphatic heterocycles. The van der Waals surface area contributed by atoms with E-state index in [2.05, 4.69) is 25.9 Å². The van der Waals surface area contributed by atoms with Gasteiger partial charge < -0.3 is 9.47 Å². The van der Waals surface area contributed by atoms with E-state index in [0.29, 0.717) is 17.3 Å². The van der Waals surface area contributed by atoms with Gasteiger partial charge in [0.1, 0.15) is 0 Å². The lowest BCUT2D eigenvalue weighted by Gasteiger charge is -2.12. The second-order valence-corrected chi connectivity index (χ2v) is 6.35. The van der Waals surface area contributed by atoms with Crippen LogP contribution >= 0.6 is 39.1 Å². The molecule has 1 aromatic heterocycles. The summed E-state index contributed by atoms with van der Waals surface area (Å²) in [6.45, 7) is 0. The van der Waals surface area contributed by atoms with Gasteiger partial charge in [-0.2, -0.15) is 0 Å². The molecule has 3 aromatic rings. The summed E-state index contributed by atoms with van der Waals surface area (Å²) in [5.41, 5.74) is 0.797. The molecule has 24 heavy (non-hydrogen) atoms. The summed E-state index contributed by atoms with van der Waals surface area (Å²) in [6.07, 6.45) is 0. The number of methoxy groups -OCH3 is 1. The predicted octanol–water partition coefficient (Wildman–Crippen LogP) is 6.01. The number of hydrogen-bond donors (Lipinski definition) is 0. The molecule has 3 rings (SSSR count). The first-order valence-corrected chi connectivity index (χ1v) is 8.43. The summed E-state index contributed by atoms with van der Waals surface area (Å²) in [7, 11) is 1.55. The van der Waals surface area contributed by atoms with Crippen molar-refractivity contribution in [3.8, 4) is 28.6 Å². The first-order valence-electron chi connectivity index (χ1n) is 6.88. The van der Waals surface area contributed by atoms with Crippen LogP contribution in [-0.2, 0) is 0 Å². The Labute approximate surface area is 157 Å². The first kappa shape index (κ1) is 17.0. The van der Waals surface area contributed by atoms with Crippen molar-refractivity contribution in [2.24, 2.45) is 0 Å². The fourth-order valence-electron chi connectivity index (χ4n) is 2.02. The molecule has 0 saturated carbocycles. The molecule has 0 aliphatic carbocycles. The highest BCUT2D eigenvalue weighted by Crippen LogP contribution is 2.38. The summed E-state index contributed by atoms with van der Waals surface area (Å²) in [4.78, 5) is 8.55. The topological polar surface area (TPSA) is 44.2 Å². The van der Waals surface area contributed by atoms with Crippen molar-refractivity contribution >= 4 is 39.1 Å². The molecular weight excluding hydrogens is 415 g/mol. The Bertz CT molecular complexity index is 850. The van der Waals surface area contributed by atoms with Crippen LogP contribution in [0.2, 0.25) is 10.3 Å². The summed E-state index contributed by atoms with van der Waals surface area (Å²) >= 11 is 15.9. The lowest BCUT2D eigenvalue weighted by atomic mass is 10.2. The van der Waals surface area contributed by atoms with Crippen LogP contribution in [0.1, 0.15) is 0 Å². The van der Waals surface area contributed by atoms with Gasteiger partial charge in [0.25, 0.3) is 0 Å². The average molecular weight is 426 g/mol. The number of halogens is 3. The van der Waals surface area contributed by atoms with Crippen molar-refractivity contribution in [3.05, 3.63) is 63.3 Å². The van der Waals surface area contributed by atoms with Crippen LogP contribution in [0.5, 0.6) is 17.2 Å². The van der Waals surface area contributed by atoms with E-state index in [4.69, 9.17) is 32.7 Å². The molecule has 4 nitrogen and oxygen atoms in total. The molecule has 0 unspecified atom stereocenters. The lowest BCUT2D eigenvalue weighted by molar-refractivity contribution is 0.378. The number of hydrogen-bond acceptors (Lipinski definition) is 4. The normalized spacial score (nSPS) is 10.5. The second kappa shape index (κ2) is 7.38. The van der Waals surface area contributed by atoms with E-state index in [9.17, 15) is 0 Å². The van der Waals surface area contributed by atoms with Gasteiger partial charge in [-0.1, -0.05) is 63.4 Å². The molecule has 0 aliphatic rings. The van der Waals surface area contributed by atoms with E-state index >= 15 is 0 Å². The highest BCUT2D eigenvalue weighted by Gasteiger charge is 2.16. The fourth-order valence-corrected chi connectivity index (χ4v) is 2.75. The zero-order chi connectivity index (χ0) is 17.1. The van der Waals surface area contributed by atoms with E-state index in [0.717, 1.165) is 10.0 Å². The van der Waals surface area contributed by atoms with E-state index < -0.39 is 0 Å². The Kier molecular flexibility index (Phi) is 5.23. The Hall–Kier alpha value is -1.82. The van der Waals surface area contributed by atoms with Gasteiger partial charge in [-0.05, 0) is 24.3 Å². The van der Waals surface area contributed by atoms with Crippen LogP contribution in [0, 0.1) is 0 Å². The van der Waals surface area contributed by atoms with Gasteiger partial charge >= 0.3 is 0 Å². The number of aromatic nitrogens is 2. The molecule has 0 bridgehead atoms. The van der Waals surface area contributed by atoms with Crippen LogP contribution in [-0.4, -0.2) is 17.1 Å². The quantitative estimate of drug-likeness (QED) is 0.479. The lowest BCUT2D eigenvalue weighted by Crippen LogP contribution is -1.97. The molecule has 2 aromatic carbocycles. The highest BCUT2D eigenvalue weighted by atomic mass is 79.9. The van der Waals surface area contributed by atoms with Crippen molar-refractivity contribution < 1.29 is 9.47 Å². The van der Waals surface area contributed by atoms with Crippen LogP contribution in [0.4, 0.5) is 0 Å². The number of nitrogens with zero attached hydrogens (tertiary/aromatic N) is 2. The van der Waals surface area contributed by atoms with Crippen molar-refractivity contribution in [1.29, 1.82) is 0 Å². The summed E-state index contributed by atoms with van der Waals surface area (Å²) in [5.74, 6) is 1.64. The molecule has 0 saturated heterocycles. The maximum Gasteiger partial charge on any atom is 0.202 e. The van der Waals surface area contributed by atoms with Crippen molar-refractivity contribution in [2.45, 2.75) is 0 Å². The van der Waals surface area contributed by atoms with E-state index in [-0.39, 0.29) is 16.1 Å². The Morgan fingerprint density at radius 2 is 1.46 bits per heavy atom. The smallest absolute Gasteiger partial charge is 0.202 e. The van der Waals surface area contributed by atoms with Gasteiger partial charge in [0.05, 0.1) is 7.11 Å². The van der Waals surface area contributed by atoms with E-state index in [1.807, 2.05) is 36.4 Å². The average Bonchev–Trinajstić information content (AvgIpc) is 2.59. The monoisotopic (exact) mass is 424 g/mol.